The number of halogens is 1. The van der Waals surface area contributed by atoms with E-state index in [1.807, 2.05) is 26.0 Å². The summed E-state index contributed by atoms with van der Waals surface area (Å²) in [6, 6.07) is 5.48. The highest BCUT2D eigenvalue weighted by Crippen LogP contribution is 2.27. The summed E-state index contributed by atoms with van der Waals surface area (Å²) in [4.78, 5) is 0. The van der Waals surface area contributed by atoms with Crippen molar-refractivity contribution in [1.29, 1.82) is 0 Å². The first kappa shape index (κ1) is 13.1. The third kappa shape index (κ3) is 3.58. The minimum absolute atomic E-state index is 0.133. The van der Waals surface area contributed by atoms with Gasteiger partial charge < -0.3 is 15.2 Å². The molecular weight excluding hydrogens is 226 g/mol. The molecule has 0 spiro atoms. The van der Waals surface area contributed by atoms with E-state index in [2.05, 4.69) is 5.32 Å². The fraction of sp³-hybridized carbons (Fsp3) is 0.500. The summed E-state index contributed by atoms with van der Waals surface area (Å²) >= 11 is 6.08. The molecule has 0 saturated heterocycles. The van der Waals surface area contributed by atoms with Gasteiger partial charge in [-0.15, -0.1) is 0 Å². The quantitative estimate of drug-likeness (QED) is 0.836. The van der Waals surface area contributed by atoms with Gasteiger partial charge in [-0.2, -0.15) is 0 Å². The Morgan fingerprint density at radius 2 is 2.12 bits per heavy atom. The molecule has 0 radical (unpaired) electrons. The van der Waals surface area contributed by atoms with Crippen molar-refractivity contribution >= 4 is 17.3 Å². The Morgan fingerprint density at radius 1 is 1.44 bits per heavy atom. The van der Waals surface area contributed by atoms with Gasteiger partial charge in [-0.25, -0.2) is 0 Å². The highest BCUT2D eigenvalue weighted by atomic mass is 35.5. The Hall–Kier alpha value is -0.930. The monoisotopic (exact) mass is 243 g/mol. The zero-order valence-electron chi connectivity index (χ0n) is 9.88. The second-order valence-electron chi connectivity index (χ2n) is 4.52. The second-order valence-corrected chi connectivity index (χ2v) is 4.93. The minimum atomic E-state index is -0.163. The number of anilines is 1. The zero-order valence-corrected chi connectivity index (χ0v) is 10.6. The van der Waals surface area contributed by atoms with Crippen LogP contribution >= 0.6 is 11.6 Å². The number of methoxy groups -OCH3 is 1. The normalized spacial score (nSPS) is 11.3. The average molecular weight is 244 g/mol. The van der Waals surface area contributed by atoms with Crippen molar-refractivity contribution in [3.63, 3.8) is 0 Å². The summed E-state index contributed by atoms with van der Waals surface area (Å²) in [7, 11) is 1.60. The van der Waals surface area contributed by atoms with Crippen LogP contribution in [0.5, 0.6) is 5.75 Å². The Balaban J connectivity index is 2.68. The van der Waals surface area contributed by atoms with E-state index in [9.17, 15) is 0 Å². The number of aliphatic hydroxyl groups is 1. The smallest absolute Gasteiger partial charge is 0.120 e. The van der Waals surface area contributed by atoms with Crippen molar-refractivity contribution in [3.8, 4) is 5.75 Å². The van der Waals surface area contributed by atoms with E-state index < -0.39 is 0 Å². The van der Waals surface area contributed by atoms with Gasteiger partial charge in [0.15, 0.2) is 0 Å². The van der Waals surface area contributed by atoms with E-state index in [4.69, 9.17) is 21.4 Å². The van der Waals surface area contributed by atoms with Crippen molar-refractivity contribution in [3.05, 3.63) is 23.2 Å². The highest BCUT2D eigenvalue weighted by molar-refractivity contribution is 6.33. The van der Waals surface area contributed by atoms with E-state index in [1.54, 1.807) is 13.2 Å². The predicted molar refractivity (Wildman–Crippen MR) is 67.4 cm³/mol. The molecule has 0 aliphatic rings. The van der Waals surface area contributed by atoms with Crippen LogP contribution in [0.4, 0.5) is 5.69 Å². The maximum absolute atomic E-state index is 9.13. The van der Waals surface area contributed by atoms with E-state index in [1.165, 1.54) is 0 Å². The summed E-state index contributed by atoms with van der Waals surface area (Å²) in [5, 5.41) is 13.0. The van der Waals surface area contributed by atoms with Crippen molar-refractivity contribution in [1.82, 2.24) is 0 Å². The molecule has 90 valence electrons. The lowest BCUT2D eigenvalue weighted by Gasteiger charge is -2.23. The Bertz CT molecular complexity index is 353. The van der Waals surface area contributed by atoms with Gasteiger partial charge in [-0.1, -0.05) is 25.4 Å². The number of hydrogen-bond donors (Lipinski definition) is 2. The third-order valence-electron chi connectivity index (χ3n) is 2.36. The average Bonchev–Trinajstić information content (AvgIpc) is 2.27. The van der Waals surface area contributed by atoms with Crippen molar-refractivity contribution in [2.75, 3.05) is 25.6 Å². The maximum Gasteiger partial charge on any atom is 0.120 e. The van der Waals surface area contributed by atoms with Crippen LogP contribution in [-0.4, -0.2) is 25.4 Å². The lowest BCUT2D eigenvalue weighted by atomic mass is 9.95. The van der Waals surface area contributed by atoms with Gasteiger partial charge in [-0.05, 0) is 12.1 Å². The van der Waals surface area contributed by atoms with E-state index in [0.29, 0.717) is 11.6 Å². The summed E-state index contributed by atoms with van der Waals surface area (Å²) < 4.78 is 5.06. The molecule has 0 amide bonds. The molecule has 1 rings (SSSR count). The van der Waals surface area contributed by atoms with Crippen LogP contribution in [0.25, 0.3) is 0 Å². The number of benzene rings is 1. The molecule has 0 atom stereocenters. The largest absolute Gasteiger partial charge is 0.497 e. The zero-order chi connectivity index (χ0) is 12.2. The van der Waals surface area contributed by atoms with Crippen molar-refractivity contribution in [2.24, 2.45) is 5.41 Å². The van der Waals surface area contributed by atoms with Crippen LogP contribution in [0, 0.1) is 5.41 Å². The maximum atomic E-state index is 9.13. The fourth-order valence-corrected chi connectivity index (χ4v) is 1.39. The second kappa shape index (κ2) is 5.41. The fourth-order valence-electron chi connectivity index (χ4n) is 1.16. The lowest BCUT2D eigenvalue weighted by Crippen LogP contribution is -2.26. The first-order valence-electron chi connectivity index (χ1n) is 5.17. The van der Waals surface area contributed by atoms with Crippen molar-refractivity contribution < 1.29 is 9.84 Å². The number of rotatable bonds is 5. The Morgan fingerprint density at radius 3 is 2.62 bits per heavy atom. The molecule has 1 aromatic rings. The molecule has 0 unspecified atom stereocenters. The molecule has 0 bridgehead atoms. The molecule has 2 N–H and O–H groups in total. The molecule has 0 aliphatic carbocycles. The molecule has 3 nitrogen and oxygen atoms in total. The Kier molecular flexibility index (Phi) is 4.44. The number of nitrogens with one attached hydrogen (secondary N) is 1. The summed E-state index contributed by atoms with van der Waals surface area (Å²) in [5.74, 6) is 0.733. The Labute approximate surface area is 101 Å². The number of ether oxygens (including phenoxy) is 1. The number of hydrogen-bond acceptors (Lipinski definition) is 3. The standard InChI is InChI=1S/C12H18ClNO2/c1-12(2,8-15)7-14-11-5-4-9(16-3)6-10(11)13/h4-6,14-15H,7-8H2,1-3H3. The molecule has 0 saturated carbocycles. The van der Waals surface area contributed by atoms with Crippen LogP contribution < -0.4 is 10.1 Å². The van der Waals surface area contributed by atoms with Gasteiger partial charge in [0.25, 0.3) is 0 Å². The molecule has 0 heterocycles. The summed E-state index contributed by atoms with van der Waals surface area (Å²) in [5.41, 5.74) is 0.687. The van der Waals surface area contributed by atoms with Gasteiger partial charge in [0.05, 0.1) is 17.8 Å². The topological polar surface area (TPSA) is 41.5 Å². The molecule has 1 aromatic carbocycles. The summed E-state index contributed by atoms with van der Waals surface area (Å²) in [6.45, 7) is 4.76. The lowest BCUT2D eigenvalue weighted by molar-refractivity contribution is 0.171. The van der Waals surface area contributed by atoms with Gasteiger partial charge in [0.1, 0.15) is 5.75 Å². The van der Waals surface area contributed by atoms with E-state index >= 15 is 0 Å². The van der Waals surface area contributed by atoms with Gasteiger partial charge in [0, 0.05) is 24.6 Å². The predicted octanol–water partition coefficient (Wildman–Crippen LogP) is 2.78. The molecule has 0 aromatic heterocycles. The SMILES string of the molecule is COc1ccc(NCC(C)(C)CO)c(Cl)c1. The van der Waals surface area contributed by atoms with E-state index in [-0.39, 0.29) is 12.0 Å². The van der Waals surface area contributed by atoms with Crippen LogP contribution in [0.3, 0.4) is 0 Å². The molecular formula is C12H18ClNO2. The van der Waals surface area contributed by atoms with Gasteiger partial charge >= 0.3 is 0 Å². The van der Waals surface area contributed by atoms with Gasteiger partial charge in [0.2, 0.25) is 0 Å². The van der Waals surface area contributed by atoms with Gasteiger partial charge in [-0.3, -0.25) is 0 Å². The first-order valence-corrected chi connectivity index (χ1v) is 5.54. The molecule has 4 heteroatoms. The van der Waals surface area contributed by atoms with Crippen LogP contribution in [-0.2, 0) is 0 Å². The molecule has 16 heavy (non-hydrogen) atoms. The number of aliphatic hydroxyl groups excluding tert-OH is 1. The van der Waals surface area contributed by atoms with Crippen LogP contribution in [0.1, 0.15) is 13.8 Å². The molecule has 0 aliphatic heterocycles. The van der Waals surface area contributed by atoms with E-state index in [0.717, 1.165) is 11.4 Å². The summed E-state index contributed by atoms with van der Waals surface area (Å²) in [6.07, 6.45) is 0. The minimum Gasteiger partial charge on any atom is -0.497 e. The van der Waals surface area contributed by atoms with Crippen LogP contribution in [0.15, 0.2) is 18.2 Å². The van der Waals surface area contributed by atoms with Crippen molar-refractivity contribution in [2.45, 2.75) is 13.8 Å². The first-order chi connectivity index (χ1) is 7.48. The highest BCUT2D eigenvalue weighted by Gasteiger charge is 2.16. The third-order valence-corrected chi connectivity index (χ3v) is 2.67. The van der Waals surface area contributed by atoms with Crippen LogP contribution in [0.2, 0.25) is 5.02 Å². The molecule has 0 fully saturated rings.